The van der Waals surface area contributed by atoms with Crippen LogP contribution in [0.3, 0.4) is 0 Å². The first-order valence-corrected chi connectivity index (χ1v) is 29.6. The quantitative estimate of drug-likeness (QED) is 0.133. The standard InChI is InChI=1S/2C8H10.9C6H6.6C2H6.12CH3.6Y/c1-7-3-5-8(2)6-4-7;1-7-4-3-5-8(2)6-7;9*1-2-4-6-5-3-1;6*1-2;;;;;;;;;;;;;;;;;;/h2*3-6H,1-2H3;9*1-6H;6*1-2H3;12*1H3;;;;;;/q;;;;;;;;;;;;;;;;;12*-1;;;;;;. The summed E-state index contributed by atoms with van der Waals surface area (Å²) in [5.41, 5.74) is 5.33. The molecule has 11 rings (SSSR count). The normalized spacial score (nSPS) is 6.16. The van der Waals surface area contributed by atoms with E-state index in [2.05, 4.69) is 76.2 Å². The molecule has 0 saturated heterocycles. The topological polar surface area (TPSA) is 0 Å². The van der Waals surface area contributed by atoms with Crippen LogP contribution >= 0.6 is 0 Å². The van der Waals surface area contributed by atoms with Crippen LogP contribution in [0.15, 0.2) is 376 Å². The number of benzene rings is 11. The van der Waals surface area contributed by atoms with Gasteiger partial charge in [-0.15, -0.1) is 0 Å². The molecule has 0 aliphatic carbocycles. The van der Waals surface area contributed by atoms with Crippen LogP contribution in [0.2, 0.25) is 0 Å². The second-order valence-corrected chi connectivity index (χ2v) is 14.7. The van der Waals surface area contributed by atoms with Crippen molar-refractivity contribution in [1.82, 2.24) is 0 Å². The van der Waals surface area contributed by atoms with E-state index in [1.165, 1.54) is 22.3 Å². The maximum Gasteiger partial charge on any atom is 0 e. The van der Waals surface area contributed by atoms with Crippen molar-refractivity contribution < 1.29 is 196 Å². The Kier molecular flexibility index (Phi) is 290. The Labute approximate surface area is 783 Å². The van der Waals surface area contributed by atoms with Gasteiger partial charge in [-0.3, -0.25) is 0 Å². The molecule has 100 heavy (non-hydrogen) atoms. The molecular formula is C94H146Y6-12. The summed E-state index contributed by atoms with van der Waals surface area (Å²) in [6.45, 7) is 32.4. The molecule has 11 aromatic rings. The van der Waals surface area contributed by atoms with Crippen LogP contribution in [-0.2, 0) is 196 Å². The van der Waals surface area contributed by atoms with Gasteiger partial charge in [0.2, 0.25) is 0 Å². The third-order valence-electron chi connectivity index (χ3n) is 8.39. The van der Waals surface area contributed by atoms with E-state index in [-0.39, 0.29) is 285 Å². The van der Waals surface area contributed by atoms with Gasteiger partial charge in [-0.2, -0.15) is 0 Å². The SMILES string of the molecule is CC.CC.CC.CC.CC.CC.Cc1ccc(C)cc1.Cc1cccc(C)c1.[CH3-].[CH3-].[CH3-].[CH3-].[CH3-].[CH3-].[CH3-].[CH3-].[CH3-].[CH3-].[CH3-].[CH3-].[Y].[Y].[Y].[Y].[Y].[Y].c1ccccc1.c1ccccc1.c1ccccc1.c1ccccc1.c1ccccc1.c1ccccc1.c1ccccc1.c1ccccc1.c1ccccc1. The molecule has 0 heterocycles. The Morgan fingerprint density at radius 1 is 0.110 bits per heavy atom. The minimum Gasteiger partial charge on any atom is -0.358 e. The Hall–Kier alpha value is -1.96. The third-order valence-corrected chi connectivity index (χ3v) is 8.39. The van der Waals surface area contributed by atoms with Gasteiger partial charge >= 0.3 is 0 Å². The van der Waals surface area contributed by atoms with Crippen LogP contribution in [0.4, 0.5) is 0 Å². The number of aryl methyl sites for hydroxylation is 4. The van der Waals surface area contributed by atoms with Crippen molar-refractivity contribution in [3.8, 4) is 0 Å². The van der Waals surface area contributed by atoms with Gasteiger partial charge < -0.3 is 89.1 Å². The average Bonchev–Trinajstić information content (AvgIpc) is 1.02. The van der Waals surface area contributed by atoms with Crippen molar-refractivity contribution >= 4 is 0 Å². The van der Waals surface area contributed by atoms with E-state index in [1.54, 1.807) is 0 Å². The van der Waals surface area contributed by atoms with Gasteiger partial charge in [0.25, 0.3) is 0 Å². The number of hydrogen-bond donors (Lipinski definition) is 0. The average molecular weight is 1810 g/mol. The molecule has 0 amide bonds. The molecule has 552 valence electrons. The van der Waals surface area contributed by atoms with Crippen LogP contribution in [0.1, 0.15) is 105 Å². The van der Waals surface area contributed by atoms with Crippen molar-refractivity contribution in [2.24, 2.45) is 0 Å². The number of hydrogen-bond acceptors (Lipinski definition) is 0. The molecule has 0 N–H and O–H groups in total. The molecule has 0 nitrogen and oxygen atoms in total. The van der Waals surface area contributed by atoms with Crippen LogP contribution < -0.4 is 0 Å². The molecule has 0 spiro atoms. The minimum absolute atomic E-state index is 0. The molecule has 0 aliphatic heterocycles. The van der Waals surface area contributed by atoms with Crippen molar-refractivity contribution in [3.05, 3.63) is 487 Å². The van der Waals surface area contributed by atoms with Gasteiger partial charge in [-0.05, 0) is 27.7 Å². The van der Waals surface area contributed by atoms with Gasteiger partial charge in [0.15, 0.2) is 0 Å². The Bertz CT molecular complexity index is 1810. The van der Waals surface area contributed by atoms with Crippen LogP contribution in [0.5, 0.6) is 0 Å². The minimum atomic E-state index is 0. The molecule has 6 radical (unpaired) electrons. The van der Waals surface area contributed by atoms with E-state index in [4.69, 9.17) is 0 Å². The van der Waals surface area contributed by atoms with Gasteiger partial charge in [0.1, 0.15) is 0 Å². The molecule has 0 aromatic heterocycles. The zero-order valence-corrected chi connectivity index (χ0v) is 86.3. The molecule has 11 aromatic carbocycles. The maximum atomic E-state index is 2.17. The van der Waals surface area contributed by atoms with Crippen LogP contribution in [0, 0.1) is 117 Å². The first-order valence-electron chi connectivity index (χ1n) is 29.6. The monoisotopic (exact) mass is 1810 g/mol. The van der Waals surface area contributed by atoms with Crippen LogP contribution in [0.25, 0.3) is 0 Å². The molecule has 0 fully saturated rings. The summed E-state index contributed by atoms with van der Waals surface area (Å²) in [5, 5.41) is 0. The first kappa shape index (κ1) is 168. The zero-order valence-electron chi connectivity index (χ0n) is 69.3. The maximum absolute atomic E-state index is 2.17. The van der Waals surface area contributed by atoms with Crippen molar-refractivity contribution in [3.63, 3.8) is 0 Å². The predicted molar refractivity (Wildman–Crippen MR) is 455 cm³/mol. The van der Waals surface area contributed by atoms with Crippen molar-refractivity contribution in [1.29, 1.82) is 0 Å². The van der Waals surface area contributed by atoms with Crippen LogP contribution in [-0.4, -0.2) is 0 Å². The van der Waals surface area contributed by atoms with E-state index in [9.17, 15) is 0 Å². The molecule has 6 heteroatoms. The van der Waals surface area contributed by atoms with Gasteiger partial charge in [-0.25, -0.2) is 0 Å². The fourth-order valence-corrected chi connectivity index (χ4v) is 4.91. The van der Waals surface area contributed by atoms with E-state index in [0.29, 0.717) is 0 Å². The molecular weight excluding hydrogens is 1660 g/mol. The van der Waals surface area contributed by atoms with E-state index < -0.39 is 0 Å². The first-order chi connectivity index (χ1) is 40.6. The van der Waals surface area contributed by atoms with E-state index in [0.717, 1.165) is 0 Å². The molecule has 0 bridgehead atoms. The summed E-state index contributed by atoms with van der Waals surface area (Å²) in [4.78, 5) is 0. The summed E-state index contributed by atoms with van der Waals surface area (Å²) in [6.07, 6.45) is 0. The predicted octanol–water partition coefficient (Wildman–Crippen LogP) is 31.3. The van der Waals surface area contributed by atoms with Gasteiger partial charge in [0, 0.05) is 196 Å². The number of rotatable bonds is 0. The van der Waals surface area contributed by atoms with Crippen molar-refractivity contribution in [2.45, 2.75) is 111 Å². The fourth-order valence-electron chi connectivity index (χ4n) is 4.91. The molecule has 0 unspecified atom stereocenters. The fraction of sp³-hybridized carbons (Fsp3) is 0.170. The smallest absolute Gasteiger partial charge is 0 e. The summed E-state index contributed by atoms with van der Waals surface area (Å²) in [7, 11) is 0. The zero-order chi connectivity index (χ0) is 62.2. The molecule has 0 atom stereocenters. The van der Waals surface area contributed by atoms with E-state index >= 15 is 0 Å². The summed E-state index contributed by atoms with van der Waals surface area (Å²) in [6, 6.07) is 125. The molecule has 0 saturated carbocycles. The Morgan fingerprint density at radius 2 is 0.180 bits per heavy atom. The summed E-state index contributed by atoms with van der Waals surface area (Å²) in [5.74, 6) is 0. The van der Waals surface area contributed by atoms with Gasteiger partial charge in [0.05, 0.1) is 0 Å². The van der Waals surface area contributed by atoms with E-state index in [1.807, 2.05) is 411 Å². The summed E-state index contributed by atoms with van der Waals surface area (Å²) >= 11 is 0. The largest absolute Gasteiger partial charge is 0.358 e. The Balaban J connectivity index is -0.0000000280. The molecule has 0 aliphatic rings. The second-order valence-electron chi connectivity index (χ2n) is 14.7. The second kappa shape index (κ2) is 172. The third kappa shape index (κ3) is 167. The van der Waals surface area contributed by atoms with Crippen molar-refractivity contribution in [2.75, 3.05) is 0 Å². The summed E-state index contributed by atoms with van der Waals surface area (Å²) < 4.78 is 0. The van der Waals surface area contributed by atoms with Gasteiger partial charge in [-0.1, -0.05) is 481 Å². The Morgan fingerprint density at radius 3 is 0.230 bits per heavy atom.